The molecule has 0 bridgehead atoms. The van der Waals surface area contributed by atoms with Gasteiger partial charge in [-0.25, -0.2) is 0 Å². The van der Waals surface area contributed by atoms with Crippen molar-refractivity contribution in [2.24, 2.45) is 0 Å². The van der Waals surface area contributed by atoms with E-state index in [-0.39, 0.29) is 12.3 Å². The van der Waals surface area contributed by atoms with Crippen molar-refractivity contribution in [3.05, 3.63) is 59.2 Å². The molecule has 1 unspecified atom stereocenters. The molecule has 3 N–H and O–H groups in total. The van der Waals surface area contributed by atoms with Crippen molar-refractivity contribution in [2.45, 2.75) is 82.8 Å². The molecule has 1 aliphatic rings. The van der Waals surface area contributed by atoms with Gasteiger partial charge >= 0.3 is 5.97 Å². The molecule has 1 aliphatic carbocycles. The van der Waals surface area contributed by atoms with E-state index in [0.29, 0.717) is 12.8 Å². The standard InChI is InChI=1S/C24H34O4/c1-2-3-6-10-21(25)18-12-14-20(15-13-18)24-19(16-17-22(24)26)9-7-4-5-8-11-23(27)28/h4,7,12-16,21-22,24-26H,2-3,5-6,8-11,17H2,1H3,(H,27,28)/t21?,22-,24-/m1/s1. The summed E-state index contributed by atoms with van der Waals surface area (Å²) in [6, 6.07) is 8.02. The number of unbranched alkanes of at least 4 members (excludes halogenated alkanes) is 3. The van der Waals surface area contributed by atoms with Gasteiger partial charge in [0.2, 0.25) is 0 Å². The van der Waals surface area contributed by atoms with E-state index in [4.69, 9.17) is 5.11 Å². The highest BCUT2D eigenvalue weighted by Crippen LogP contribution is 2.38. The Bertz CT molecular complexity index is 660. The van der Waals surface area contributed by atoms with Gasteiger partial charge in [-0.1, -0.05) is 74.3 Å². The zero-order chi connectivity index (χ0) is 20.4. The molecule has 0 aromatic heterocycles. The molecular formula is C24H34O4. The monoisotopic (exact) mass is 386 g/mol. The third-order valence-electron chi connectivity index (χ3n) is 5.45. The van der Waals surface area contributed by atoms with E-state index in [1.807, 2.05) is 30.3 Å². The van der Waals surface area contributed by atoms with Gasteiger partial charge in [0.1, 0.15) is 0 Å². The van der Waals surface area contributed by atoms with Crippen LogP contribution in [-0.4, -0.2) is 27.4 Å². The summed E-state index contributed by atoms with van der Waals surface area (Å²) in [5.74, 6) is -0.760. The topological polar surface area (TPSA) is 77.8 Å². The van der Waals surface area contributed by atoms with Crippen LogP contribution in [0.15, 0.2) is 48.1 Å². The first-order valence-electron chi connectivity index (χ1n) is 10.5. The average molecular weight is 387 g/mol. The molecule has 154 valence electrons. The lowest BCUT2D eigenvalue weighted by Crippen LogP contribution is -2.14. The SMILES string of the molecule is CCCCCC(O)c1ccc([C@H]2C(CC=CCCCC(=O)O)=CC[C@H]2O)cc1. The summed E-state index contributed by atoms with van der Waals surface area (Å²) in [5.41, 5.74) is 3.23. The fraction of sp³-hybridized carbons (Fsp3) is 0.542. The van der Waals surface area contributed by atoms with Crippen LogP contribution in [-0.2, 0) is 4.79 Å². The Balaban J connectivity index is 1.91. The Hall–Kier alpha value is -1.91. The Kier molecular flexibility index (Phi) is 9.45. The minimum atomic E-state index is -0.756. The maximum Gasteiger partial charge on any atom is 0.303 e. The van der Waals surface area contributed by atoms with Crippen LogP contribution in [0.4, 0.5) is 0 Å². The van der Waals surface area contributed by atoms with E-state index in [1.54, 1.807) is 0 Å². The minimum Gasteiger partial charge on any atom is -0.481 e. The Morgan fingerprint density at radius 2 is 1.93 bits per heavy atom. The Labute approximate surface area is 168 Å². The van der Waals surface area contributed by atoms with Gasteiger partial charge in [-0.3, -0.25) is 4.79 Å². The number of aliphatic carboxylic acids is 1. The van der Waals surface area contributed by atoms with Crippen LogP contribution in [0.25, 0.3) is 0 Å². The third-order valence-corrected chi connectivity index (χ3v) is 5.45. The number of benzene rings is 1. The van der Waals surface area contributed by atoms with Crippen molar-refractivity contribution < 1.29 is 20.1 Å². The van der Waals surface area contributed by atoms with Gasteiger partial charge in [-0.15, -0.1) is 0 Å². The van der Waals surface area contributed by atoms with E-state index in [9.17, 15) is 15.0 Å². The Morgan fingerprint density at radius 3 is 2.61 bits per heavy atom. The maximum absolute atomic E-state index is 10.5. The predicted molar refractivity (Wildman–Crippen MR) is 112 cm³/mol. The summed E-state index contributed by atoms with van der Waals surface area (Å²) >= 11 is 0. The first-order chi connectivity index (χ1) is 13.5. The first-order valence-corrected chi connectivity index (χ1v) is 10.5. The number of carbonyl (C=O) groups is 1. The molecule has 1 aromatic rings. The van der Waals surface area contributed by atoms with E-state index < -0.39 is 18.2 Å². The molecule has 4 nitrogen and oxygen atoms in total. The zero-order valence-corrected chi connectivity index (χ0v) is 16.9. The molecule has 0 spiro atoms. The molecule has 28 heavy (non-hydrogen) atoms. The molecule has 0 radical (unpaired) electrons. The summed E-state index contributed by atoms with van der Waals surface area (Å²) in [6.07, 6.45) is 12.6. The molecule has 0 saturated heterocycles. The molecule has 0 saturated carbocycles. The molecule has 2 rings (SSSR count). The van der Waals surface area contributed by atoms with Gasteiger partial charge in [-0.2, -0.15) is 0 Å². The molecular weight excluding hydrogens is 352 g/mol. The van der Waals surface area contributed by atoms with E-state index in [1.165, 1.54) is 5.57 Å². The molecule has 0 fully saturated rings. The number of carboxylic acid groups (broad SMARTS) is 1. The van der Waals surface area contributed by atoms with Crippen LogP contribution in [0.5, 0.6) is 0 Å². The molecule has 0 aliphatic heterocycles. The van der Waals surface area contributed by atoms with Crippen LogP contribution < -0.4 is 0 Å². The first kappa shape index (κ1) is 22.4. The van der Waals surface area contributed by atoms with Gasteiger partial charge in [-0.05, 0) is 43.2 Å². The summed E-state index contributed by atoms with van der Waals surface area (Å²) in [7, 11) is 0. The highest BCUT2D eigenvalue weighted by molar-refractivity contribution is 5.66. The van der Waals surface area contributed by atoms with Crippen molar-refractivity contribution in [1.82, 2.24) is 0 Å². The number of rotatable bonds is 12. The van der Waals surface area contributed by atoms with Crippen molar-refractivity contribution in [2.75, 3.05) is 0 Å². The fourth-order valence-electron chi connectivity index (χ4n) is 3.82. The molecule has 1 aromatic carbocycles. The third kappa shape index (κ3) is 6.92. The summed E-state index contributed by atoms with van der Waals surface area (Å²) < 4.78 is 0. The lowest BCUT2D eigenvalue weighted by Gasteiger charge is -2.20. The van der Waals surface area contributed by atoms with Gasteiger partial charge in [0.25, 0.3) is 0 Å². The quantitative estimate of drug-likeness (QED) is 0.337. The van der Waals surface area contributed by atoms with Gasteiger partial charge in [0, 0.05) is 12.3 Å². The highest BCUT2D eigenvalue weighted by Gasteiger charge is 2.28. The summed E-state index contributed by atoms with van der Waals surface area (Å²) in [5, 5.41) is 29.4. The maximum atomic E-state index is 10.5. The predicted octanol–water partition coefficient (Wildman–Crippen LogP) is 5.28. The van der Waals surface area contributed by atoms with Crippen LogP contribution in [0.2, 0.25) is 0 Å². The number of aliphatic hydroxyl groups excluding tert-OH is 2. The normalized spacial score (nSPS) is 20.5. The second kappa shape index (κ2) is 11.8. The number of allylic oxidation sites excluding steroid dienone is 2. The molecule has 4 heteroatoms. The van der Waals surface area contributed by atoms with Crippen molar-refractivity contribution in [1.29, 1.82) is 0 Å². The van der Waals surface area contributed by atoms with Crippen LogP contribution >= 0.6 is 0 Å². The molecule has 3 atom stereocenters. The average Bonchev–Trinajstić information content (AvgIpc) is 3.05. The largest absolute Gasteiger partial charge is 0.481 e. The summed E-state index contributed by atoms with van der Waals surface area (Å²) in [6.45, 7) is 2.16. The lowest BCUT2D eigenvalue weighted by atomic mass is 9.88. The van der Waals surface area contributed by atoms with E-state index in [0.717, 1.165) is 49.7 Å². The highest BCUT2D eigenvalue weighted by atomic mass is 16.4. The van der Waals surface area contributed by atoms with E-state index >= 15 is 0 Å². The summed E-state index contributed by atoms with van der Waals surface area (Å²) in [4.78, 5) is 10.5. The van der Waals surface area contributed by atoms with Crippen LogP contribution in [0.1, 0.15) is 87.9 Å². The number of hydrogen-bond donors (Lipinski definition) is 3. The molecule has 0 heterocycles. The number of hydrogen-bond acceptors (Lipinski definition) is 3. The van der Waals surface area contributed by atoms with Crippen LogP contribution in [0.3, 0.4) is 0 Å². The minimum absolute atomic E-state index is 0.00467. The number of aliphatic hydroxyl groups is 2. The van der Waals surface area contributed by atoms with Crippen molar-refractivity contribution >= 4 is 5.97 Å². The van der Waals surface area contributed by atoms with Crippen molar-refractivity contribution in [3.8, 4) is 0 Å². The van der Waals surface area contributed by atoms with Gasteiger partial charge in [0.05, 0.1) is 12.2 Å². The van der Waals surface area contributed by atoms with Gasteiger partial charge in [0.15, 0.2) is 0 Å². The molecule has 0 amide bonds. The number of carboxylic acids is 1. The Morgan fingerprint density at radius 1 is 1.18 bits per heavy atom. The van der Waals surface area contributed by atoms with Gasteiger partial charge < -0.3 is 15.3 Å². The van der Waals surface area contributed by atoms with E-state index in [2.05, 4.69) is 19.1 Å². The second-order valence-electron chi connectivity index (χ2n) is 7.70. The smallest absolute Gasteiger partial charge is 0.303 e. The second-order valence-corrected chi connectivity index (χ2v) is 7.70. The van der Waals surface area contributed by atoms with Crippen LogP contribution in [0, 0.1) is 0 Å². The van der Waals surface area contributed by atoms with Crippen molar-refractivity contribution in [3.63, 3.8) is 0 Å². The zero-order valence-electron chi connectivity index (χ0n) is 16.9. The fourth-order valence-corrected chi connectivity index (χ4v) is 3.82. The lowest BCUT2D eigenvalue weighted by molar-refractivity contribution is -0.137.